The second-order valence-electron chi connectivity index (χ2n) is 4.98. The summed E-state index contributed by atoms with van der Waals surface area (Å²) >= 11 is 0. The zero-order chi connectivity index (χ0) is 13.8. The molecule has 0 N–H and O–H groups in total. The van der Waals surface area contributed by atoms with Crippen LogP contribution in [-0.4, -0.2) is 11.6 Å². The van der Waals surface area contributed by atoms with Crippen LogP contribution in [-0.2, 0) is 29.9 Å². The van der Waals surface area contributed by atoms with Gasteiger partial charge >= 0.3 is 0 Å². The number of hydrogen-bond acceptors (Lipinski definition) is 2. The third kappa shape index (κ3) is 4.29. The van der Waals surface area contributed by atoms with Crippen LogP contribution in [0.25, 0.3) is 0 Å². The van der Waals surface area contributed by atoms with Gasteiger partial charge in [0.2, 0.25) is 0 Å². The quantitative estimate of drug-likeness (QED) is 0.463. The molecular weight excluding hydrogens is 292 g/mol. The Bertz CT molecular complexity index is 537. The molecule has 0 saturated carbocycles. The van der Waals surface area contributed by atoms with Gasteiger partial charge in [0, 0.05) is 17.1 Å². The topological polar surface area (TPSA) is 34.1 Å². The van der Waals surface area contributed by atoms with Gasteiger partial charge in [-0.2, -0.15) is 35.4 Å². The minimum absolute atomic E-state index is 0. The molecular formula is C17H18FeO2-2. The van der Waals surface area contributed by atoms with E-state index in [1.54, 1.807) is 13.8 Å². The van der Waals surface area contributed by atoms with E-state index in [0.717, 1.165) is 30.4 Å². The number of hydrogen-bond donors (Lipinski definition) is 0. The summed E-state index contributed by atoms with van der Waals surface area (Å²) in [5.74, 6) is 0.238. The fourth-order valence-corrected chi connectivity index (χ4v) is 2.23. The average molecular weight is 310 g/mol. The van der Waals surface area contributed by atoms with Crippen LogP contribution in [0.15, 0.2) is 36.4 Å². The van der Waals surface area contributed by atoms with Gasteiger partial charge < -0.3 is 9.59 Å². The van der Waals surface area contributed by atoms with Gasteiger partial charge in [0.15, 0.2) is 0 Å². The summed E-state index contributed by atoms with van der Waals surface area (Å²) in [5, 5.41) is 0. The Morgan fingerprint density at radius 1 is 1.10 bits per heavy atom. The standard InChI is InChI=1S/C17H18O2.Fe/c1-12(18)16-8-6-14(10-16)4-3-5-15-7-9-17(11-15)13(2)19;/h6-11H,3-5H2,1-2H3;/q-2;. The predicted octanol–water partition coefficient (Wildman–Crippen LogP) is 3.70. The summed E-state index contributed by atoms with van der Waals surface area (Å²) in [4.78, 5) is 22.4. The van der Waals surface area contributed by atoms with Crippen LogP contribution >= 0.6 is 0 Å². The van der Waals surface area contributed by atoms with Crippen molar-refractivity contribution in [2.45, 2.75) is 33.1 Å². The minimum Gasteiger partial charge on any atom is -0.310 e. The zero-order valence-corrected chi connectivity index (χ0v) is 12.9. The van der Waals surface area contributed by atoms with E-state index in [2.05, 4.69) is 0 Å². The van der Waals surface area contributed by atoms with Gasteiger partial charge in [-0.15, -0.1) is 5.56 Å². The molecule has 20 heavy (non-hydrogen) atoms. The fraction of sp³-hybridized carbons (Fsp3) is 0.294. The molecule has 108 valence electrons. The number of carbonyl (C=O) groups excluding carboxylic acids is 2. The summed E-state index contributed by atoms with van der Waals surface area (Å²) in [5.41, 5.74) is 4.01. The Labute approximate surface area is 130 Å². The summed E-state index contributed by atoms with van der Waals surface area (Å²) in [6.07, 6.45) is 2.96. The maximum Gasteiger partial charge on any atom is 0.105 e. The number of Topliss-reactive ketones (excluding diaryl/α,β-unsaturated/α-hetero) is 2. The fourth-order valence-electron chi connectivity index (χ4n) is 2.23. The van der Waals surface area contributed by atoms with E-state index in [-0.39, 0.29) is 28.6 Å². The third-order valence-corrected chi connectivity index (χ3v) is 3.38. The number of ketones is 2. The molecule has 0 aliphatic rings. The first-order chi connectivity index (χ1) is 9.06. The summed E-state index contributed by atoms with van der Waals surface area (Å²) in [6, 6.07) is 11.7. The Morgan fingerprint density at radius 3 is 2.40 bits per heavy atom. The van der Waals surface area contributed by atoms with Gasteiger partial charge in [-0.05, 0) is 13.8 Å². The van der Waals surface area contributed by atoms with Crippen molar-refractivity contribution in [3.05, 3.63) is 58.7 Å². The van der Waals surface area contributed by atoms with Crippen LogP contribution < -0.4 is 0 Å². The van der Waals surface area contributed by atoms with E-state index in [4.69, 9.17) is 0 Å². The summed E-state index contributed by atoms with van der Waals surface area (Å²) in [6.45, 7) is 3.18. The third-order valence-electron chi connectivity index (χ3n) is 3.38. The summed E-state index contributed by atoms with van der Waals surface area (Å²) < 4.78 is 0. The van der Waals surface area contributed by atoms with Crippen LogP contribution in [0.2, 0.25) is 0 Å². The maximum atomic E-state index is 11.2. The Balaban J connectivity index is 0.00000200. The van der Waals surface area contributed by atoms with Gasteiger partial charge in [0.1, 0.15) is 5.78 Å². The van der Waals surface area contributed by atoms with Gasteiger partial charge in [0.05, 0.1) is 5.78 Å². The molecule has 0 heterocycles. The molecule has 0 spiro atoms. The van der Waals surface area contributed by atoms with E-state index in [0.29, 0.717) is 0 Å². The van der Waals surface area contributed by atoms with Gasteiger partial charge in [-0.1, -0.05) is 24.8 Å². The van der Waals surface area contributed by atoms with E-state index < -0.39 is 0 Å². The molecule has 0 aliphatic heterocycles. The van der Waals surface area contributed by atoms with E-state index in [1.165, 1.54) is 11.1 Å². The van der Waals surface area contributed by atoms with Crippen molar-refractivity contribution in [1.82, 2.24) is 0 Å². The van der Waals surface area contributed by atoms with Crippen molar-refractivity contribution in [2.24, 2.45) is 0 Å². The molecule has 0 radical (unpaired) electrons. The zero-order valence-electron chi connectivity index (χ0n) is 11.8. The normalized spacial score (nSPS) is 10.1. The molecule has 0 unspecified atom stereocenters. The number of rotatable bonds is 6. The molecule has 0 aromatic heterocycles. The second-order valence-corrected chi connectivity index (χ2v) is 4.98. The molecule has 0 atom stereocenters. The van der Waals surface area contributed by atoms with E-state index >= 15 is 0 Å². The first kappa shape index (κ1) is 16.6. The molecule has 3 heteroatoms. The monoisotopic (exact) mass is 310 g/mol. The van der Waals surface area contributed by atoms with Gasteiger partial charge in [-0.3, -0.25) is 0 Å². The van der Waals surface area contributed by atoms with Crippen LogP contribution in [0.3, 0.4) is 0 Å². The molecule has 2 aromatic rings. The van der Waals surface area contributed by atoms with Crippen molar-refractivity contribution in [3.8, 4) is 0 Å². The molecule has 2 nitrogen and oxygen atoms in total. The van der Waals surface area contributed by atoms with Crippen molar-refractivity contribution >= 4 is 11.6 Å². The van der Waals surface area contributed by atoms with E-state index in [9.17, 15) is 9.59 Å². The van der Waals surface area contributed by atoms with Crippen LogP contribution in [0.1, 0.15) is 52.1 Å². The number of aryl methyl sites for hydroxylation is 2. The van der Waals surface area contributed by atoms with Gasteiger partial charge in [0.25, 0.3) is 0 Å². The van der Waals surface area contributed by atoms with Crippen molar-refractivity contribution in [1.29, 1.82) is 0 Å². The molecule has 2 rings (SSSR count). The van der Waals surface area contributed by atoms with Crippen molar-refractivity contribution in [2.75, 3.05) is 0 Å². The van der Waals surface area contributed by atoms with Crippen LogP contribution in [0.5, 0.6) is 0 Å². The SMILES string of the molecule is CC(=O)c1cc[c-](CCCc2cc[c-](C(C)=O)c2)c1.[Fe]. The minimum atomic E-state index is 0. The smallest absolute Gasteiger partial charge is 0.105 e. The molecule has 0 bridgehead atoms. The first-order valence-corrected chi connectivity index (χ1v) is 6.59. The Kier molecular flexibility index (Phi) is 6.12. The predicted molar refractivity (Wildman–Crippen MR) is 76.1 cm³/mol. The molecule has 0 saturated heterocycles. The number of carbonyl (C=O) groups is 2. The van der Waals surface area contributed by atoms with Crippen LogP contribution in [0.4, 0.5) is 0 Å². The van der Waals surface area contributed by atoms with E-state index in [1.807, 2.05) is 36.4 Å². The first-order valence-electron chi connectivity index (χ1n) is 6.59. The van der Waals surface area contributed by atoms with Crippen molar-refractivity contribution < 1.29 is 26.7 Å². The molecule has 0 aliphatic carbocycles. The summed E-state index contributed by atoms with van der Waals surface area (Å²) in [7, 11) is 0. The average Bonchev–Trinajstić information content (AvgIpc) is 2.97. The maximum absolute atomic E-state index is 11.2. The van der Waals surface area contributed by atoms with Gasteiger partial charge in [-0.25, -0.2) is 12.1 Å². The molecule has 0 amide bonds. The van der Waals surface area contributed by atoms with Crippen molar-refractivity contribution in [3.63, 3.8) is 0 Å². The van der Waals surface area contributed by atoms with Crippen LogP contribution in [0, 0.1) is 0 Å². The largest absolute Gasteiger partial charge is 0.310 e. The Morgan fingerprint density at radius 2 is 1.85 bits per heavy atom. The second kappa shape index (κ2) is 7.37. The Hall–Kier alpha value is -1.44. The molecule has 0 fully saturated rings. The molecule has 2 aromatic carbocycles.